The van der Waals surface area contributed by atoms with Crippen molar-refractivity contribution >= 4 is 33.6 Å². The lowest BCUT2D eigenvalue weighted by atomic mass is 9.80. The van der Waals surface area contributed by atoms with Crippen LogP contribution in [0.25, 0.3) is 39.0 Å². The SMILES string of the molecule is C=C/C(=C\C)C1=NC2c3nc(-c4ccc5nc(-c6cccc(C(C)=Nc7ccccc7/C7=C/C/C=C\C=C/Cc8ccccc87)c6)ccc5c4)ccc3CCC2C=C1. The highest BCUT2D eigenvalue weighted by Crippen LogP contribution is 2.41. The first-order valence-corrected chi connectivity index (χ1v) is 20.4. The van der Waals surface area contributed by atoms with Crippen LogP contribution < -0.4 is 0 Å². The Bertz CT molecular complexity index is 2790. The lowest BCUT2D eigenvalue weighted by Crippen LogP contribution is -2.23. The maximum Gasteiger partial charge on any atom is 0.0992 e. The molecule has 0 saturated heterocycles. The Kier molecular flexibility index (Phi) is 10.4. The Hall–Kier alpha value is -6.78. The molecule has 0 bridgehead atoms. The number of fused-ring (bicyclic) bond motifs is 5. The molecular formula is C54H46N4. The fraction of sp³-hybridized carbons (Fsp3) is 0.148. The first-order chi connectivity index (χ1) is 28.6. The largest absolute Gasteiger partial charge is 0.274 e. The van der Waals surface area contributed by atoms with E-state index < -0.39 is 0 Å². The molecule has 58 heavy (non-hydrogen) atoms. The molecular weight excluding hydrogens is 705 g/mol. The molecule has 3 heterocycles. The summed E-state index contributed by atoms with van der Waals surface area (Å²) in [5.41, 5.74) is 17.3. The quantitative estimate of drug-likeness (QED) is 0.120. The van der Waals surface area contributed by atoms with Crippen molar-refractivity contribution < 1.29 is 0 Å². The lowest BCUT2D eigenvalue weighted by Gasteiger charge is -2.31. The predicted octanol–water partition coefficient (Wildman–Crippen LogP) is 13.3. The molecule has 6 aromatic rings. The van der Waals surface area contributed by atoms with Crippen molar-refractivity contribution in [3.63, 3.8) is 0 Å². The maximum absolute atomic E-state index is 5.27. The van der Waals surface area contributed by atoms with E-state index in [1.165, 1.54) is 22.3 Å². The number of hydrogen-bond donors (Lipinski definition) is 0. The van der Waals surface area contributed by atoms with Gasteiger partial charge in [-0.3, -0.25) is 15.0 Å². The molecule has 2 unspecified atom stereocenters. The summed E-state index contributed by atoms with van der Waals surface area (Å²) >= 11 is 0. The first-order valence-electron chi connectivity index (χ1n) is 20.4. The van der Waals surface area contributed by atoms with Gasteiger partial charge in [0.25, 0.3) is 0 Å². The summed E-state index contributed by atoms with van der Waals surface area (Å²) in [4.78, 5) is 20.9. The minimum Gasteiger partial charge on any atom is -0.274 e. The van der Waals surface area contributed by atoms with E-state index in [0.717, 1.165) is 98.6 Å². The third-order valence-electron chi connectivity index (χ3n) is 11.6. The number of dihydropyridines is 1. The van der Waals surface area contributed by atoms with Crippen LogP contribution in [0.3, 0.4) is 0 Å². The van der Waals surface area contributed by atoms with Crippen molar-refractivity contribution in [2.24, 2.45) is 15.9 Å². The molecule has 282 valence electrons. The second-order valence-corrected chi connectivity index (χ2v) is 15.2. The number of aromatic nitrogens is 2. The zero-order valence-electron chi connectivity index (χ0n) is 33.1. The van der Waals surface area contributed by atoms with Crippen molar-refractivity contribution in [1.82, 2.24) is 9.97 Å². The highest BCUT2D eigenvalue weighted by Gasteiger charge is 2.32. The summed E-state index contributed by atoms with van der Waals surface area (Å²) < 4.78 is 0. The van der Waals surface area contributed by atoms with Crippen LogP contribution in [0, 0.1) is 5.92 Å². The van der Waals surface area contributed by atoms with Gasteiger partial charge in [0.15, 0.2) is 0 Å². The van der Waals surface area contributed by atoms with Gasteiger partial charge in [-0.25, -0.2) is 4.98 Å². The molecule has 4 nitrogen and oxygen atoms in total. The Morgan fingerprint density at radius 2 is 1.59 bits per heavy atom. The van der Waals surface area contributed by atoms with Gasteiger partial charge in [-0.1, -0.05) is 134 Å². The van der Waals surface area contributed by atoms with Crippen LogP contribution in [0.2, 0.25) is 0 Å². The van der Waals surface area contributed by atoms with Gasteiger partial charge in [0, 0.05) is 33.7 Å². The number of rotatable bonds is 7. The van der Waals surface area contributed by atoms with Crippen LogP contribution in [0.15, 0.2) is 192 Å². The maximum atomic E-state index is 5.27. The Morgan fingerprint density at radius 1 is 0.776 bits per heavy atom. The van der Waals surface area contributed by atoms with Gasteiger partial charge in [0.2, 0.25) is 0 Å². The number of benzene rings is 4. The van der Waals surface area contributed by atoms with Crippen LogP contribution >= 0.6 is 0 Å². The smallest absolute Gasteiger partial charge is 0.0992 e. The van der Waals surface area contributed by atoms with Crippen LogP contribution in [0.5, 0.6) is 0 Å². The minimum absolute atomic E-state index is 0.0216. The minimum atomic E-state index is 0.0216. The number of aliphatic imine (C=N–C) groups is 2. The van der Waals surface area contributed by atoms with Crippen LogP contribution in [0.1, 0.15) is 66.2 Å². The molecule has 2 atom stereocenters. The third-order valence-corrected chi connectivity index (χ3v) is 11.6. The molecule has 3 aliphatic rings. The second kappa shape index (κ2) is 16.4. The second-order valence-electron chi connectivity index (χ2n) is 15.2. The number of para-hydroxylation sites is 1. The summed E-state index contributed by atoms with van der Waals surface area (Å²) in [6, 6.07) is 41.0. The number of nitrogens with zero attached hydrogens (tertiary/aromatic N) is 4. The zero-order valence-corrected chi connectivity index (χ0v) is 33.1. The van der Waals surface area contributed by atoms with Gasteiger partial charge in [0.1, 0.15) is 0 Å². The third kappa shape index (κ3) is 7.42. The van der Waals surface area contributed by atoms with Gasteiger partial charge < -0.3 is 0 Å². The summed E-state index contributed by atoms with van der Waals surface area (Å²) in [6.07, 6.45) is 23.3. The standard InChI is InChI=1S/C54H46N4/c1-4-37(5-2)48-30-26-39-24-25-40-27-31-51(58-54(40)53(39)57-48)44-29-33-50-43(35-44)28-32-49(56-50)42-19-15-18-41(34-42)36(3)55-52-23-14-13-22-47(52)46-21-10-8-6-7-9-16-38-17-11-12-20-45(38)46/h4-9,11-15,17-23,26-35,39,53H,1,10,16,24-25H2,2-3H3/b8-6-,9-7-,37-5+,46-21+,55-36?. The molecule has 0 radical (unpaired) electrons. The highest BCUT2D eigenvalue weighted by atomic mass is 14.9. The van der Waals surface area contributed by atoms with Crippen molar-refractivity contribution in [3.8, 4) is 22.5 Å². The van der Waals surface area contributed by atoms with E-state index in [1.807, 2.05) is 13.0 Å². The predicted molar refractivity (Wildman–Crippen MR) is 244 cm³/mol. The van der Waals surface area contributed by atoms with Crippen LogP contribution in [-0.2, 0) is 12.8 Å². The molecule has 4 heteroatoms. The van der Waals surface area contributed by atoms with E-state index in [0.29, 0.717) is 5.92 Å². The van der Waals surface area contributed by atoms with E-state index in [9.17, 15) is 0 Å². The average Bonchev–Trinajstić information content (AvgIpc) is 3.28. The van der Waals surface area contributed by atoms with Crippen molar-refractivity contribution in [2.75, 3.05) is 0 Å². The van der Waals surface area contributed by atoms with Crippen molar-refractivity contribution in [2.45, 2.75) is 45.6 Å². The molecule has 0 amide bonds. The molecule has 0 saturated carbocycles. The fourth-order valence-corrected chi connectivity index (χ4v) is 8.46. The van der Waals surface area contributed by atoms with Gasteiger partial charge in [-0.05, 0) is 115 Å². The van der Waals surface area contributed by atoms with E-state index in [2.05, 4.69) is 177 Å². The van der Waals surface area contributed by atoms with E-state index in [1.54, 1.807) is 0 Å². The van der Waals surface area contributed by atoms with E-state index in [4.69, 9.17) is 20.0 Å². The summed E-state index contributed by atoms with van der Waals surface area (Å²) in [5, 5.41) is 1.08. The number of allylic oxidation sites excluding steroid dienone is 9. The van der Waals surface area contributed by atoms with Gasteiger partial charge in [0.05, 0.1) is 40.0 Å². The molecule has 9 rings (SSSR count). The van der Waals surface area contributed by atoms with Crippen molar-refractivity contribution in [1.29, 1.82) is 0 Å². The molecule has 2 aliphatic carbocycles. The van der Waals surface area contributed by atoms with Crippen LogP contribution in [0.4, 0.5) is 5.69 Å². The molecule has 0 N–H and O–H groups in total. The topological polar surface area (TPSA) is 50.5 Å². The Balaban J connectivity index is 0.995. The van der Waals surface area contributed by atoms with Crippen molar-refractivity contribution in [3.05, 3.63) is 216 Å². The summed E-state index contributed by atoms with van der Waals surface area (Å²) in [5.74, 6) is 0.363. The van der Waals surface area contributed by atoms with Gasteiger partial charge >= 0.3 is 0 Å². The van der Waals surface area contributed by atoms with Gasteiger partial charge in [-0.2, -0.15) is 0 Å². The number of hydrogen-bond acceptors (Lipinski definition) is 4. The lowest BCUT2D eigenvalue weighted by molar-refractivity contribution is 0.443. The Labute approximate surface area is 341 Å². The summed E-state index contributed by atoms with van der Waals surface area (Å²) in [6.45, 7) is 8.13. The molecule has 0 fully saturated rings. The number of aryl methyl sites for hydroxylation is 1. The van der Waals surface area contributed by atoms with E-state index in [-0.39, 0.29) is 6.04 Å². The molecule has 1 aliphatic heterocycles. The molecule has 0 spiro atoms. The fourth-order valence-electron chi connectivity index (χ4n) is 8.46. The monoisotopic (exact) mass is 750 g/mol. The van der Waals surface area contributed by atoms with Gasteiger partial charge in [-0.15, -0.1) is 0 Å². The van der Waals surface area contributed by atoms with Crippen LogP contribution in [-0.4, -0.2) is 21.4 Å². The average molecular weight is 751 g/mol. The Morgan fingerprint density at radius 3 is 2.48 bits per heavy atom. The normalized spacial score (nSPS) is 19.8. The van der Waals surface area contributed by atoms with E-state index >= 15 is 0 Å². The highest BCUT2D eigenvalue weighted by molar-refractivity contribution is 6.10. The molecule has 4 aromatic carbocycles. The zero-order chi connectivity index (χ0) is 39.4. The first kappa shape index (κ1) is 36.8. The number of pyridine rings is 2. The summed E-state index contributed by atoms with van der Waals surface area (Å²) in [7, 11) is 0. The molecule has 2 aromatic heterocycles.